The van der Waals surface area contributed by atoms with Crippen molar-refractivity contribution in [2.75, 3.05) is 33.2 Å². The number of hydrogen-bond donors (Lipinski definition) is 1. The highest BCUT2D eigenvalue weighted by Gasteiger charge is 2.24. The van der Waals surface area contributed by atoms with E-state index in [4.69, 9.17) is 5.73 Å². The van der Waals surface area contributed by atoms with E-state index in [0.29, 0.717) is 6.04 Å². The van der Waals surface area contributed by atoms with Gasteiger partial charge in [-0.1, -0.05) is 28.1 Å². The van der Waals surface area contributed by atoms with Gasteiger partial charge in [0.15, 0.2) is 0 Å². The van der Waals surface area contributed by atoms with E-state index < -0.39 is 0 Å². The summed E-state index contributed by atoms with van der Waals surface area (Å²) in [4.78, 5) is 4.92. The largest absolute Gasteiger partial charge is 0.329 e. The third-order valence-corrected chi connectivity index (χ3v) is 4.20. The zero-order valence-electron chi connectivity index (χ0n) is 11.0. The van der Waals surface area contributed by atoms with Crippen molar-refractivity contribution in [1.82, 2.24) is 9.80 Å². The van der Waals surface area contributed by atoms with Crippen LogP contribution in [0.15, 0.2) is 28.7 Å². The molecule has 0 radical (unpaired) electrons. The van der Waals surface area contributed by atoms with Crippen molar-refractivity contribution >= 4 is 15.9 Å². The molecule has 0 bridgehead atoms. The molecule has 1 heterocycles. The number of hydrogen-bond acceptors (Lipinski definition) is 3. The predicted octanol–water partition coefficient (Wildman–Crippen LogP) is 1.91. The molecule has 0 aromatic heterocycles. The highest BCUT2D eigenvalue weighted by molar-refractivity contribution is 9.10. The van der Waals surface area contributed by atoms with Crippen LogP contribution >= 0.6 is 15.9 Å². The maximum absolute atomic E-state index is 5.61. The second kappa shape index (κ2) is 6.66. The molecule has 4 heteroatoms. The Morgan fingerprint density at radius 1 is 1.39 bits per heavy atom. The smallest absolute Gasteiger partial charge is 0.0234 e. The van der Waals surface area contributed by atoms with Crippen molar-refractivity contribution in [1.29, 1.82) is 0 Å². The first-order valence-corrected chi connectivity index (χ1v) is 7.35. The molecule has 1 unspecified atom stereocenters. The van der Waals surface area contributed by atoms with Gasteiger partial charge in [-0.05, 0) is 31.2 Å². The molecule has 0 aliphatic carbocycles. The monoisotopic (exact) mass is 311 g/mol. The average Bonchev–Trinajstić information content (AvgIpc) is 2.81. The highest BCUT2D eigenvalue weighted by atomic mass is 79.9. The second-order valence-electron chi connectivity index (χ2n) is 5.07. The first-order chi connectivity index (χ1) is 8.69. The molecule has 0 spiro atoms. The number of rotatable bonds is 5. The number of likely N-dealkylation sites (N-methyl/N-ethyl adjacent to an activating group) is 1. The van der Waals surface area contributed by atoms with Gasteiger partial charge in [0.25, 0.3) is 0 Å². The summed E-state index contributed by atoms with van der Waals surface area (Å²) >= 11 is 3.47. The van der Waals surface area contributed by atoms with Crippen LogP contribution in [0.5, 0.6) is 0 Å². The van der Waals surface area contributed by atoms with Crippen molar-refractivity contribution in [2.24, 2.45) is 5.73 Å². The summed E-state index contributed by atoms with van der Waals surface area (Å²) in [7, 11) is 2.18. The third-order valence-electron chi connectivity index (χ3n) is 3.67. The summed E-state index contributed by atoms with van der Waals surface area (Å²) in [6.07, 6.45) is 1.26. The normalized spacial score (nSPS) is 20.8. The molecule has 0 saturated carbocycles. The van der Waals surface area contributed by atoms with Crippen LogP contribution in [0, 0.1) is 0 Å². The summed E-state index contributed by atoms with van der Waals surface area (Å²) in [5.41, 5.74) is 7.00. The van der Waals surface area contributed by atoms with Crippen LogP contribution in [0.25, 0.3) is 0 Å². The van der Waals surface area contributed by atoms with Crippen LogP contribution in [0.1, 0.15) is 12.0 Å². The topological polar surface area (TPSA) is 32.5 Å². The standard InChI is InChI=1S/C14H22BrN3/c1-17(9-7-16)14-6-8-18(11-14)10-12-2-4-13(15)5-3-12/h2-5,14H,6-11,16H2,1H3. The summed E-state index contributed by atoms with van der Waals surface area (Å²) in [5.74, 6) is 0. The van der Waals surface area contributed by atoms with Gasteiger partial charge >= 0.3 is 0 Å². The van der Waals surface area contributed by atoms with Crippen molar-refractivity contribution in [3.63, 3.8) is 0 Å². The SMILES string of the molecule is CN(CCN)C1CCN(Cc2ccc(Br)cc2)C1. The molecule has 1 aromatic rings. The van der Waals surface area contributed by atoms with Gasteiger partial charge in [0.05, 0.1) is 0 Å². The summed E-state index contributed by atoms with van der Waals surface area (Å²) in [6.45, 7) is 5.15. The lowest BCUT2D eigenvalue weighted by Crippen LogP contribution is -2.37. The van der Waals surface area contributed by atoms with Gasteiger partial charge in [0.1, 0.15) is 0 Å². The van der Waals surface area contributed by atoms with E-state index in [1.807, 2.05) is 0 Å². The Labute approximate surface area is 118 Å². The molecule has 2 rings (SSSR count). The minimum Gasteiger partial charge on any atom is -0.329 e. The fourth-order valence-corrected chi connectivity index (χ4v) is 2.81. The van der Waals surface area contributed by atoms with Gasteiger partial charge in [-0.3, -0.25) is 4.90 Å². The van der Waals surface area contributed by atoms with E-state index in [-0.39, 0.29) is 0 Å². The van der Waals surface area contributed by atoms with Crippen molar-refractivity contribution in [2.45, 2.75) is 19.0 Å². The van der Waals surface area contributed by atoms with E-state index in [1.54, 1.807) is 0 Å². The van der Waals surface area contributed by atoms with Crippen LogP contribution in [0.2, 0.25) is 0 Å². The average molecular weight is 312 g/mol. The molecule has 1 aliphatic heterocycles. The summed E-state index contributed by atoms with van der Waals surface area (Å²) in [6, 6.07) is 9.29. The Morgan fingerprint density at radius 3 is 2.78 bits per heavy atom. The Balaban J connectivity index is 1.84. The first-order valence-electron chi connectivity index (χ1n) is 6.56. The van der Waals surface area contributed by atoms with Crippen LogP contribution in [0.3, 0.4) is 0 Å². The van der Waals surface area contributed by atoms with Gasteiger partial charge in [-0.25, -0.2) is 0 Å². The third kappa shape index (κ3) is 3.79. The highest BCUT2D eigenvalue weighted by Crippen LogP contribution is 2.18. The first kappa shape index (κ1) is 14.0. The lowest BCUT2D eigenvalue weighted by Gasteiger charge is -2.24. The number of benzene rings is 1. The Hall–Kier alpha value is -0.420. The van der Waals surface area contributed by atoms with E-state index in [9.17, 15) is 0 Å². The zero-order valence-corrected chi connectivity index (χ0v) is 12.6. The Morgan fingerprint density at radius 2 is 2.11 bits per heavy atom. The molecule has 18 heavy (non-hydrogen) atoms. The Bertz CT molecular complexity index is 366. The number of halogens is 1. The zero-order chi connectivity index (χ0) is 13.0. The summed E-state index contributed by atoms with van der Waals surface area (Å²) < 4.78 is 1.15. The van der Waals surface area contributed by atoms with Crippen LogP contribution < -0.4 is 5.73 Å². The lowest BCUT2D eigenvalue weighted by atomic mass is 10.2. The van der Waals surface area contributed by atoms with Gasteiger partial charge in [-0.15, -0.1) is 0 Å². The maximum Gasteiger partial charge on any atom is 0.0234 e. The molecule has 1 aromatic carbocycles. The number of nitrogens with two attached hydrogens (primary N) is 1. The van der Waals surface area contributed by atoms with Gasteiger partial charge < -0.3 is 10.6 Å². The van der Waals surface area contributed by atoms with Crippen molar-refractivity contribution in [3.05, 3.63) is 34.3 Å². The summed E-state index contributed by atoms with van der Waals surface area (Å²) in [5, 5.41) is 0. The van der Waals surface area contributed by atoms with E-state index in [1.165, 1.54) is 18.5 Å². The van der Waals surface area contributed by atoms with Gasteiger partial charge in [-0.2, -0.15) is 0 Å². The fraction of sp³-hybridized carbons (Fsp3) is 0.571. The molecule has 100 valence electrons. The molecular weight excluding hydrogens is 290 g/mol. The van der Waals surface area contributed by atoms with Gasteiger partial charge in [0.2, 0.25) is 0 Å². The maximum atomic E-state index is 5.61. The molecule has 1 saturated heterocycles. The quantitative estimate of drug-likeness (QED) is 0.901. The van der Waals surface area contributed by atoms with E-state index in [2.05, 4.69) is 57.0 Å². The number of nitrogens with zero attached hydrogens (tertiary/aromatic N) is 2. The molecule has 1 fully saturated rings. The fourth-order valence-electron chi connectivity index (χ4n) is 2.55. The predicted molar refractivity (Wildman–Crippen MR) is 79.5 cm³/mol. The van der Waals surface area contributed by atoms with Crippen LogP contribution in [0.4, 0.5) is 0 Å². The minimum absolute atomic E-state index is 0.670. The molecule has 3 nitrogen and oxygen atoms in total. The van der Waals surface area contributed by atoms with Crippen LogP contribution in [-0.2, 0) is 6.54 Å². The van der Waals surface area contributed by atoms with Crippen molar-refractivity contribution < 1.29 is 0 Å². The molecule has 0 amide bonds. The second-order valence-corrected chi connectivity index (χ2v) is 5.99. The lowest BCUT2D eigenvalue weighted by molar-refractivity contribution is 0.234. The van der Waals surface area contributed by atoms with Crippen LogP contribution in [-0.4, -0.2) is 49.1 Å². The van der Waals surface area contributed by atoms with E-state index >= 15 is 0 Å². The molecular formula is C14H22BrN3. The number of likely N-dealkylation sites (tertiary alicyclic amines) is 1. The van der Waals surface area contributed by atoms with E-state index in [0.717, 1.165) is 30.7 Å². The molecule has 2 N–H and O–H groups in total. The van der Waals surface area contributed by atoms with Gasteiger partial charge in [0, 0.05) is 43.2 Å². The molecule has 1 aliphatic rings. The minimum atomic E-state index is 0.670. The van der Waals surface area contributed by atoms with Crippen molar-refractivity contribution in [3.8, 4) is 0 Å². The Kier molecular flexibility index (Phi) is 5.18. The molecule has 1 atom stereocenters.